The van der Waals surface area contributed by atoms with Crippen molar-refractivity contribution in [3.63, 3.8) is 0 Å². The number of nitrogens with zero attached hydrogens (tertiary/aromatic N) is 4. The molecule has 9 nitrogen and oxygen atoms in total. The largest absolute Gasteiger partial charge is 0.383 e. The fraction of sp³-hybridized carbons (Fsp3) is 0.688. The molecule has 4 aliphatic carbocycles. The Bertz CT molecular complexity index is 1360. The van der Waals surface area contributed by atoms with Gasteiger partial charge in [-0.25, -0.2) is 4.98 Å². The van der Waals surface area contributed by atoms with Crippen LogP contribution in [-0.4, -0.2) is 77.0 Å². The average molecular weight is 561 g/mol. The van der Waals surface area contributed by atoms with Crippen molar-refractivity contribution in [2.24, 2.45) is 23.2 Å². The number of fused-ring (bicyclic) bond motifs is 1. The Morgan fingerprint density at radius 2 is 1.61 bits per heavy atom. The van der Waals surface area contributed by atoms with E-state index in [1.54, 1.807) is 6.92 Å². The fourth-order valence-corrected chi connectivity index (χ4v) is 9.37. The molecule has 4 saturated carbocycles. The number of hydrogen-bond acceptors (Lipinski definition) is 7. The lowest BCUT2D eigenvalue weighted by atomic mass is 9.49. The van der Waals surface area contributed by atoms with Gasteiger partial charge < -0.3 is 10.2 Å². The number of rotatable bonds is 8. The highest BCUT2D eigenvalue weighted by Crippen LogP contribution is 2.61. The summed E-state index contributed by atoms with van der Waals surface area (Å²) in [5.74, 6) is 2.86. The smallest absolute Gasteiger partial charge is 0.264 e. The minimum atomic E-state index is -0.718. The number of amides is 2. The van der Waals surface area contributed by atoms with Gasteiger partial charge in [0.05, 0.1) is 10.9 Å². The number of nitrogens with one attached hydrogen (secondary N) is 2. The van der Waals surface area contributed by atoms with Crippen LogP contribution in [0, 0.1) is 30.1 Å². The van der Waals surface area contributed by atoms with Gasteiger partial charge in [0.15, 0.2) is 0 Å². The third-order valence-electron chi connectivity index (χ3n) is 11.0. The molecule has 1 aromatic carbocycles. The van der Waals surface area contributed by atoms with Crippen molar-refractivity contribution in [1.29, 1.82) is 0 Å². The van der Waals surface area contributed by atoms with Crippen LogP contribution in [0.4, 0.5) is 5.69 Å². The van der Waals surface area contributed by atoms with Crippen molar-refractivity contribution < 1.29 is 9.59 Å². The van der Waals surface area contributed by atoms with Crippen LogP contribution in [0.1, 0.15) is 69.7 Å². The van der Waals surface area contributed by atoms with E-state index in [4.69, 9.17) is 0 Å². The molecule has 3 heterocycles. The predicted molar refractivity (Wildman–Crippen MR) is 159 cm³/mol. The van der Waals surface area contributed by atoms with Crippen molar-refractivity contribution in [2.75, 3.05) is 51.1 Å². The van der Waals surface area contributed by atoms with Crippen molar-refractivity contribution in [2.45, 2.75) is 70.8 Å². The lowest BCUT2D eigenvalue weighted by Gasteiger charge is -2.57. The van der Waals surface area contributed by atoms with Crippen LogP contribution in [-0.2, 0) is 9.59 Å². The minimum absolute atomic E-state index is 0.218. The fourth-order valence-electron chi connectivity index (χ4n) is 9.37. The van der Waals surface area contributed by atoms with E-state index in [2.05, 4.69) is 25.4 Å². The Labute approximate surface area is 242 Å². The Balaban J connectivity index is 0.940. The van der Waals surface area contributed by atoms with Crippen LogP contribution in [0.25, 0.3) is 10.9 Å². The van der Waals surface area contributed by atoms with E-state index in [-0.39, 0.29) is 17.9 Å². The van der Waals surface area contributed by atoms with E-state index < -0.39 is 11.9 Å². The molecule has 2 N–H and O–H groups in total. The van der Waals surface area contributed by atoms with E-state index in [0.717, 1.165) is 62.7 Å². The first-order chi connectivity index (χ1) is 19.9. The van der Waals surface area contributed by atoms with Gasteiger partial charge >= 0.3 is 0 Å². The van der Waals surface area contributed by atoms with E-state index in [9.17, 15) is 14.4 Å². The van der Waals surface area contributed by atoms with Crippen LogP contribution in [0.15, 0.2) is 23.0 Å². The molecule has 0 spiro atoms. The van der Waals surface area contributed by atoms with Crippen LogP contribution in [0.5, 0.6) is 0 Å². The van der Waals surface area contributed by atoms with Gasteiger partial charge in [-0.05, 0) is 100 Å². The van der Waals surface area contributed by atoms with Gasteiger partial charge in [0.1, 0.15) is 11.9 Å². The number of hydrogen-bond donors (Lipinski definition) is 2. The second kappa shape index (κ2) is 10.8. The van der Waals surface area contributed by atoms with Gasteiger partial charge in [-0.15, -0.1) is 0 Å². The zero-order chi connectivity index (χ0) is 28.1. The normalized spacial score (nSPS) is 32.0. The highest BCUT2D eigenvalue weighted by atomic mass is 16.2. The summed E-state index contributed by atoms with van der Waals surface area (Å²) in [7, 11) is 0. The molecule has 2 saturated heterocycles. The highest BCUT2D eigenvalue weighted by molar-refractivity contribution is 5.99. The number of aryl methyl sites for hydroxylation is 1. The minimum Gasteiger partial charge on any atom is -0.383 e. The van der Waals surface area contributed by atoms with Gasteiger partial charge in [0.25, 0.3) is 5.56 Å². The summed E-state index contributed by atoms with van der Waals surface area (Å²) in [5.41, 5.74) is 1.79. The molecule has 2 aliphatic heterocycles. The quantitative estimate of drug-likeness (QED) is 0.478. The van der Waals surface area contributed by atoms with Gasteiger partial charge in [-0.1, -0.05) is 6.07 Å². The number of imide groups is 1. The molecule has 41 heavy (non-hydrogen) atoms. The summed E-state index contributed by atoms with van der Waals surface area (Å²) < 4.78 is 1.46. The molecule has 4 bridgehead atoms. The van der Waals surface area contributed by atoms with E-state index in [1.165, 1.54) is 56.1 Å². The maximum atomic E-state index is 13.7. The molecule has 6 fully saturated rings. The maximum Gasteiger partial charge on any atom is 0.264 e. The molecule has 8 rings (SSSR count). The van der Waals surface area contributed by atoms with Crippen LogP contribution >= 0.6 is 0 Å². The monoisotopic (exact) mass is 560 g/mol. The molecule has 2 aromatic rings. The van der Waals surface area contributed by atoms with Crippen LogP contribution in [0.2, 0.25) is 0 Å². The molecule has 0 radical (unpaired) electrons. The standard InChI is InChI=1S/C32H44N6O3/c1-21-34-26-4-2-3-25(29(26)31(41)38(21)27-5-6-28(39)35-30(27)40)33-8-10-37-13-11-36(12-14-37)9-7-32-18-22-15-23(19-32)17-24(16-22)20-32/h2-4,22-24,27,33H,5-20H2,1H3,(H,35,39,40). The Hall–Kier alpha value is -2.78. The molecule has 2 amide bonds. The second-order valence-corrected chi connectivity index (χ2v) is 13.8. The zero-order valence-electron chi connectivity index (χ0n) is 24.4. The molecule has 1 atom stereocenters. The second-order valence-electron chi connectivity index (χ2n) is 13.8. The van der Waals surface area contributed by atoms with Crippen molar-refractivity contribution in [1.82, 2.24) is 24.7 Å². The summed E-state index contributed by atoms with van der Waals surface area (Å²) in [4.78, 5) is 47.7. The Morgan fingerprint density at radius 3 is 2.27 bits per heavy atom. The SMILES string of the molecule is Cc1nc2cccc(NCCN3CCN(CCC45CC6CC(CC(C6)C4)C5)CC3)c2c(=O)n1C1CCC(=O)NC1=O. The number of piperidine rings is 1. The van der Waals surface area contributed by atoms with E-state index in [0.29, 0.717) is 28.6 Å². The molecule has 1 unspecified atom stereocenters. The Morgan fingerprint density at radius 1 is 0.951 bits per heavy atom. The van der Waals surface area contributed by atoms with Crippen molar-refractivity contribution in [3.05, 3.63) is 34.4 Å². The molecular formula is C32H44N6O3. The lowest BCUT2D eigenvalue weighted by molar-refractivity contribution is -0.135. The third-order valence-corrected chi connectivity index (χ3v) is 11.0. The number of piperazine rings is 1. The molecule has 220 valence electrons. The highest BCUT2D eigenvalue weighted by Gasteiger charge is 2.50. The molecule has 9 heteroatoms. The van der Waals surface area contributed by atoms with Crippen LogP contribution < -0.4 is 16.2 Å². The summed E-state index contributed by atoms with van der Waals surface area (Å²) in [6.07, 6.45) is 11.0. The summed E-state index contributed by atoms with van der Waals surface area (Å²) in [6.45, 7) is 9.11. The summed E-state index contributed by atoms with van der Waals surface area (Å²) in [6, 6.07) is 4.95. The topological polar surface area (TPSA) is 99.6 Å². The van der Waals surface area contributed by atoms with Crippen LogP contribution in [0.3, 0.4) is 0 Å². The maximum absolute atomic E-state index is 13.7. The Kier molecular flexibility index (Phi) is 7.14. The van der Waals surface area contributed by atoms with Crippen molar-refractivity contribution >= 4 is 28.4 Å². The van der Waals surface area contributed by atoms with E-state index in [1.807, 2.05) is 18.2 Å². The first kappa shape index (κ1) is 27.1. The van der Waals surface area contributed by atoms with Gasteiger partial charge in [0.2, 0.25) is 11.8 Å². The number of carbonyl (C=O) groups excluding carboxylic acids is 2. The number of aromatic nitrogens is 2. The molecular weight excluding hydrogens is 516 g/mol. The van der Waals surface area contributed by atoms with Crippen molar-refractivity contribution in [3.8, 4) is 0 Å². The third kappa shape index (κ3) is 5.31. The lowest BCUT2D eigenvalue weighted by Crippen LogP contribution is -2.50. The first-order valence-corrected chi connectivity index (χ1v) is 15.9. The number of benzene rings is 1. The molecule has 1 aromatic heterocycles. The summed E-state index contributed by atoms with van der Waals surface area (Å²) >= 11 is 0. The molecule has 6 aliphatic rings. The number of anilines is 1. The van der Waals surface area contributed by atoms with Gasteiger partial charge in [-0.3, -0.25) is 29.2 Å². The zero-order valence-corrected chi connectivity index (χ0v) is 24.4. The summed E-state index contributed by atoms with van der Waals surface area (Å²) in [5, 5.41) is 6.35. The van der Waals surface area contributed by atoms with E-state index >= 15 is 0 Å². The van der Waals surface area contributed by atoms with Gasteiger partial charge in [-0.2, -0.15) is 0 Å². The van der Waals surface area contributed by atoms with Gasteiger partial charge in [0, 0.05) is 51.4 Å². The average Bonchev–Trinajstić information content (AvgIpc) is 2.93. The predicted octanol–water partition coefficient (Wildman–Crippen LogP) is 3.32. The number of carbonyl (C=O) groups is 2. The first-order valence-electron chi connectivity index (χ1n) is 15.9.